The average Bonchev–Trinajstić information content (AvgIpc) is 3.28. The molecule has 5 nitrogen and oxygen atoms in total. The smallest absolute Gasteiger partial charge is 0.387 e. The molecule has 3 aromatic carbocycles. The second kappa shape index (κ2) is 9.21. The Kier molecular flexibility index (Phi) is 6.03. The van der Waals surface area contributed by atoms with Gasteiger partial charge in [-0.1, -0.05) is 42.5 Å². The van der Waals surface area contributed by atoms with E-state index in [1.54, 1.807) is 18.3 Å². The highest BCUT2D eigenvalue weighted by molar-refractivity contribution is 6.08. The van der Waals surface area contributed by atoms with Crippen molar-refractivity contribution < 1.29 is 18.3 Å². The first-order valence-corrected chi connectivity index (χ1v) is 9.60. The summed E-state index contributed by atoms with van der Waals surface area (Å²) in [6, 6.07) is 22.9. The van der Waals surface area contributed by atoms with Crippen LogP contribution in [-0.4, -0.2) is 22.3 Å². The third kappa shape index (κ3) is 5.14. The van der Waals surface area contributed by atoms with E-state index in [4.69, 9.17) is 0 Å². The van der Waals surface area contributed by atoms with E-state index >= 15 is 0 Å². The van der Waals surface area contributed by atoms with Gasteiger partial charge in [0.2, 0.25) is 0 Å². The van der Waals surface area contributed by atoms with Crippen molar-refractivity contribution in [3.63, 3.8) is 0 Å². The highest BCUT2D eigenvalue weighted by Gasteiger charge is 2.13. The summed E-state index contributed by atoms with van der Waals surface area (Å²) in [5, 5.41) is 7.00. The summed E-state index contributed by atoms with van der Waals surface area (Å²) in [4.78, 5) is 12.9. The minimum absolute atomic E-state index is 0.0311. The van der Waals surface area contributed by atoms with Crippen LogP contribution in [0.4, 0.5) is 14.5 Å². The molecule has 0 saturated carbocycles. The third-order valence-electron chi connectivity index (χ3n) is 4.68. The molecule has 1 N–H and O–H groups in total. The lowest BCUT2D eigenvalue weighted by Gasteiger charge is -2.12. The van der Waals surface area contributed by atoms with Gasteiger partial charge in [-0.25, -0.2) is 0 Å². The second-order valence-electron chi connectivity index (χ2n) is 6.80. The van der Waals surface area contributed by atoms with Gasteiger partial charge < -0.3 is 10.1 Å². The number of nitrogens with one attached hydrogen (secondary N) is 1. The molecule has 0 saturated heterocycles. The Balaban J connectivity index is 1.50. The van der Waals surface area contributed by atoms with Gasteiger partial charge >= 0.3 is 6.61 Å². The summed E-state index contributed by atoms with van der Waals surface area (Å²) in [6.45, 7) is -2.22. The predicted octanol–water partition coefficient (Wildman–Crippen LogP) is 5.45. The summed E-state index contributed by atoms with van der Waals surface area (Å²) < 4.78 is 30.7. The largest absolute Gasteiger partial charge is 0.435 e. The molecule has 156 valence electrons. The zero-order valence-corrected chi connectivity index (χ0v) is 16.4. The van der Waals surface area contributed by atoms with Crippen molar-refractivity contribution in [2.75, 3.05) is 5.32 Å². The van der Waals surface area contributed by atoms with Crippen LogP contribution in [0, 0.1) is 0 Å². The van der Waals surface area contributed by atoms with Crippen molar-refractivity contribution >= 4 is 11.6 Å². The molecule has 0 aliphatic heterocycles. The van der Waals surface area contributed by atoms with Crippen LogP contribution in [0.2, 0.25) is 0 Å². The number of halogens is 2. The summed E-state index contributed by atoms with van der Waals surface area (Å²) in [5.41, 5.74) is 3.80. The number of amides is 1. The van der Waals surface area contributed by atoms with Crippen molar-refractivity contribution in [1.82, 2.24) is 9.78 Å². The summed E-state index contributed by atoms with van der Waals surface area (Å²) in [7, 11) is 0. The molecule has 0 atom stereocenters. The van der Waals surface area contributed by atoms with Crippen LogP contribution < -0.4 is 10.1 Å². The number of carbonyl (C=O) groups is 1. The Morgan fingerprint density at radius 1 is 0.968 bits per heavy atom. The van der Waals surface area contributed by atoms with E-state index in [-0.39, 0.29) is 11.7 Å². The maximum absolute atomic E-state index is 12.9. The van der Waals surface area contributed by atoms with Gasteiger partial charge in [-0.15, -0.1) is 0 Å². The first-order valence-electron chi connectivity index (χ1n) is 9.60. The van der Waals surface area contributed by atoms with Gasteiger partial charge in [-0.05, 0) is 53.1 Å². The molecule has 1 heterocycles. The first-order chi connectivity index (χ1) is 15.1. The van der Waals surface area contributed by atoms with E-state index in [0.29, 0.717) is 17.8 Å². The molecule has 7 heteroatoms. The van der Waals surface area contributed by atoms with Crippen LogP contribution in [-0.2, 0) is 6.54 Å². The zero-order chi connectivity index (χ0) is 21.6. The van der Waals surface area contributed by atoms with E-state index in [2.05, 4.69) is 15.2 Å². The number of aromatic nitrogens is 2. The Morgan fingerprint density at radius 3 is 2.39 bits per heavy atom. The predicted molar refractivity (Wildman–Crippen MR) is 114 cm³/mol. The fourth-order valence-corrected chi connectivity index (χ4v) is 3.22. The van der Waals surface area contributed by atoms with E-state index in [9.17, 15) is 13.6 Å². The van der Waals surface area contributed by atoms with E-state index < -0.39 is 6.61 Å². The van der Waals surface area contributed by atoms with Gasteiger partial charge in [0.05, 0.1) is 6.54 Å². The van der Waals surface area contributed by atoms with Gasteiger partial charge in [0.25, 0.3) is 5.91 Å². The molecule has 0 fully saturated rings. The van der Waals surface area contributed by atoms with Gasteiger partial charge in [0.1, 0.15) is 5.75 Å². The van der Waals surface area contributed by atoms with Gasteiger partial charge in [-0.3, -0.25) is 9.48 Å². The number of hydrogen-bond donors (Lipinski definition) is 1. The zero-order valence-electron chi connectivity index (χ0n) is 16.4. The Labute approximate surface area is 177 Å². The monoisotopic (exact) mass is 419 g/mol. The molecule has 0 spiro atoms. The number of anilines is 1. The number of ether oxygens (including phenoxy) is 1. The molecule has 1 amide bonds. The van der Waals surface area contributed by atoms with E-state index in [1.165, 1.54) is 24.3 Å². The molecule has 0 aliphatic rings. The normalized spacial score (nSPS) is 10.8. The maximum Gasteiger partial charge on any atom is 0.387 e. The molecular weight excluding hydrogens is 400 g/mol. The standard InChI is InChI=1S/C24H19F2N3O2/c25-24(26)31-20-12-10-19(11-13-20)28-23(30)22-5-2-1-4-21(22)18-8-6-17(7-9-18)16-29-15-3-14-27-29/h1-15,24H,16H2,(H,28,30). The first kappa shape index (κ1) is 20.3. The second-order valence-corrected chi connectivity index (χ2v) is 6.80. The van der Waals surface area contributed by atoms with Gasteiger partial charge in [-0.2, -0.15) is 13.9 Å². The lowest BCUT2D eigenvalue weighted by Crippen LogP contribution is -2.13. The van der Waals surface area contributed by atoms with Crippen molar-refractivity contribution in [2.24, 2.45) is 0 Å². The summed E-state index contributed by atoms with van der Waals surface area (Å²) in [6.07, 6.45) is 3.64. The highest BCUT2D eigenvalue weighted by Crippen LogP contribution is 2.26. The Hall–Kier alpha value is -4.00. The van der Waals surface area contributed by atoms with E-state index in [0.717, 1.165) is 16.7 Å². The van der Waals surface area contributed by atoms with Crippen LogP contribution in [0.25, 0.3) is 11.1 Å². The quantitative estimate of drug-likeness (QED) is 0.433. The van der Waals surface area contributed by atoms with Crippen molar-refractivity contribution in [3.05, 3.63) is 102 Å². The minimum Gasteiger partial charge on any atom is -0.435 e. The average molecular weight is 419 g/mol. The number of nitrogens with zero attached hydrogens (tertiary/aromatic N) is 2. The molecule has 4 aromatic rings. The summed E-state index contributed by atoms with van der Waals surface area (Å²) >= 11 is 0. The van der Waals surface area contributed by atoms with Crippen LogP contribution in [0.3, 0.4) is 0 Å². The molecule has 0 aliphatic carbocycles. The molecule has 0 unspecified atom stereocenters. The molecule has 1 aromatic heterocycles. The molecular formula is C24H19F2N3O2. The lowest BCUT2D eigenvalue weighted by molar-refractivity contribution is -0.0498. The Morgan fingerprint density at radius 2 is 1.71 bits per heavy atom. The highest BCUT2D eigenvalue weighted by atomic mass is 19.3. The number of alkyl halides is 2. The van der Waals surface area contributed by atoms with Crippen LogP contribution in [0.5, 0.6) is 5.75 Å². The lowest BCUT2D eigenvalue weighted by atomic mass is 9.98. The van der Waals surface area contributed by atoms with Crippen LogP contribution >= 0.6 is 0 Å². The SMILES string of the molecule is O=C(Nc1ccc(OC(F)F)cc1)c1ccccc1-c1ccc(Cn2cccn2)cc1. The Bertz CT molecular complexity index is 1140. The molecule has 31 heavy (non-hydrogen) atoms. The van der Waals surface area contributed by atoms with Crippen molar-refractivity contribution in [3.8, 4) is 16.9 Å². The maximum atomic E-state index is 12.9. The van der Waals surface area contributed by atoms with E-state index in [1.807, 2.05) is 53.3 Å². The van der Waals surface area contributed by atoms with Crippen LogP contribution in [0.1, 0.15) is 15.9 Å². The topological polar surface area (TPSA) is 56.1 Å². The van der Waals surface area contributed by atoms with Crippen molar-refractivity contribution in [2.45, 2.75) is 13.2 Å². The molecule has 4 rings (SSSR count). The number of carbonyl (C=O) groups excluding carboxylic acids is 1. The van der Waals surface area contributed by atoms with Gasteiger partial charge in [0.15, 0.2) is 0 Å². The number of rotatable bonds is 7. The summed E-state index contributed by atoms with van der Waals surface area (Å²) in [5.74, 6) is -0.262. The van der Waals surface area contributed by atoms with Crippen molar-refractivity contribution in [1.29, 1.82) is 0 Å². The number of benzene rings is 3. The van der Waals surface area contributed by atoms with Crippen LogP contribution in [0.15, 0.2) is 91.3 Å². The third-order valence-corrected chi connectivity index (χ3v) is 4.68. The number of hydrogen-bond acceptors (Lipinski definition) is 3. The molecule has 0 bridgehead atoms. The fourth-order valence-electron chi connectivity index (χ4n) is 3.22. The van der Waals surface area contributed by atoms with Gasteiger partial charge in [0, 0.05) is 23.6 Å². The fraction of sp³-hybridized carbons (Fsp3) is 0.0833. The minimum atomic E-state index is -2.89. The molecule has 0 radical (unpaired) electrons.